The molecule has 0 radical (unpaired) electrons. The molecule has 0 aliphatic heterocycles. The van der Waals surface area contributed by atoms with Crippen molar-refractivity contribution in [2.75, 3.05) is 0 Å². The van der Waals surface area contributed by atoms with E-state index >= 15 is 0 Å². The van der Waals surface area contributed by atoms with Crippen LogP contribution in [0.5, 0.6) is 0 Å². The Labute approximate surface area is 203 Å². The standard InChI is InChI=1S/C28H18Br2N2/c1-15-3-5-17-6-4-16(2)23-24(17)22(15)25-26(23)28(19-9-13-21(30)14-10-19)32-31-27(25)18-7-11-20(29)12-8-18/h3-14H,1-2H3. The molecular formula is C28H18Br2N2. The van der Waals surface area contributed by atoms with Gasteiger partial charge >= 0.3 is 0 Å². The number of aromatic nitrogens is 2. The van der Waals surface area contributed by atoms with E-state index in [4.69, 9.17) is 10.2 Å². The van der Waals surface area contributed by atoms with Gasteiger partial charge in [-0.25, -0.2) is 0 Å². The predicted molar refractivity (Wildman–Crippen MR) is 140 cm³/mol. The summed E-state index contributed by atoms with van der Waals surface area (Å²) in [6.45, 7) is 4.39. The van der Waals surface area contributed by atoms with Crippen molar-refractivity contribution >= 4 is 42.6 Å². The van der Waals surface area contributed by atoms with Crippen molar-refractivity contribution in [1.82, 2.24) is 10.2 Å². The zero-order chi connectivity index (χ0) is 22.0. The molecule has 0 atom stereocenters. The third-order valence-corrected chi connectivity index (χ3v) is 7.37. The van der Waals surface area contributed by atoms with Crippen LogP contribution < -0.4 is 0 Å². The van der Waals surface area contributed by atoms with Crippen molar-refractivity contribution in [1.29, 1.82) is 0 Å². The lowest BCUT2D eigenvalue weighted by molar-refractivity contribution is 1.05. The first-order valence-electron chi connectivity index (χ1n) is 10.5. The minimum atomic E-state index is 0.930. The smallest absolute Gasteiger partial charge is 0.101 e. The Morgan fingerprint density at radius 1 is 0.500 bits per heavy atom. The summed E-state index contributed by atoms with van der Waals surface area (Å²) in [5.41, 5.74) is 11.5. The van der Waals surface area contributed by atoms with Crippen molar-refractivity contribution < 1.29 is 0 Å². The summed E-state index contributed by atoms with van der Waals surface area (Å²) in [5, 5.41) is 12.2. The van der Waals surface area contributed by atoms with Gasteiger partial charge in [0.15, 0.2) is 0 Å². The molecule has 0 amide bonds. The van der Waals surface area contributed by atoms with Crippen molar-refractivity contribution in [3.8, 4) is 44.8 Å². The van der Waals surface area contributed by atoms with Crippen molar-refractivity contribution in [3.05, 3.63) is 92.9 Å². The van der Waals surface area contributed by atoms with Crippen LogP contribution in [-0.4, -0.2) is 10.2 Å². The Bertz CT molecular complexity index is 1420. The molecule has 2 nitrogen and oxygen atoms in total. The van der Waals surface area contributed by atoms with E-state index in [0.29, 0.717) is 0 Å². The fourth-order valence-corrected chi connectivity index (χ4v) is 5.34. The summed E-state index contributed by atoms with van der Waals surface area (Å²) in [7, 11) is 0. The first-order valence-corrected chi connectivity index (χ1v) is 12.1. The summed E-state index contributed by atoms with van der Waals surface area (Å²) in [5.74, 6) is 0. The van der Waals surface area contributed by atoms with Gasteiger partial charge in [-0.05, 0) is 71.1 Å². The molecule has 0 N–H and O–H groups in total. The number of halogens is 2. The van der Waals surface area contributed by atoms with Gasteiger partial charge in [-0.2, -0.15) is 0 Å². The highest BCUT2D eigenvalue weighted by molar-refractivity contribution is 9.10. The lowest BCUT2D eigenvalue weighted by Gasteiger charge is -2.14. The SMILES string of the molecule is Cc1ccc2ccc(C)c3c2c1-c1c(-c2ccc(Br)cc2)nnc(-c2ccc(Br)cc2)c1-3. The van der Waals surface area contributed by atoms with Gasteiger partial charge in [0.1, 0.15) is 11.4 Å². The Kier molecular flexibility index (Phi) is 4.56. The van der Waals surface area contributed by atoms with Crippen LogP contribution >= 0.6 is 31.9 Å². The molecule has 32 heavy (non-hydrogen) atoms. The average molecular weight is 542 g/mol. The monoisotopic (exact) mass is 540 g/mol. The van der Waals surface area contributed by atoms with Crippen LogP contribution in [0.1, 0.15) is 11.1 Å². The first-order chi connectivity index (χ1) is 15.5. The highest BCUT2D eigenvalue weighted by atomic mass is 79.9. The van der Waals surface area contributed by atoms with Gasteiger partial charge in [0.2, 0.25) is 0 Å². The largest absolute Gasteiger partial charge is 0.149 e. The van der Waals surface area contributed by atoms with E-state index < -0.39 is 0 Å². The number of fused-ring (bicyclic) bond motifs is 3. The molecular weight excluding hydrogens is 524 g/mol. The lowest BCUT2D eigenvalue weighted by atomic mass is 9.93. The Morgan fingerprint density at radius 2 is 0.906 bits per heavy atom. The highest BCUT2D eigenvalue weighted by Gasteiger charge is 2.31. The van der Waals surface area contributed by atoms with E-state index in [2.05, 4.69) is 119 Å². The van der Waals surface area contributed by atoms with Gasteiger partial charge in [-0.1, -0.05) is 80.4 Å². The van der Waals surface area contributed by atoms with Crippen molar-refractivity contribution in [2.24, 2.45) is 0 Å². The number of rotatable bonds is 2. The highest BCUT2D eigenvalue weighted by Crippen LogP contribution is 2.55. The maximum atomic E-state index is 4.81. The van der Waals surface area contributed by atoms with Crippen LogP contribution in [0.15, 0.2) is 81.7 Å². The molecule has 0 fully saturated rings. The minimum Gasteiger partial charge on any atom is -0.149 e. The van der Waals surface area contributed by atoms with Crippen molar-refractivity contribution in [2.45, 2.75) is 13.8 Å². The van der Waals surface area contributed by atoms with E-state index in [1.165, 1.54) is 44.2 Å². The van der Waals surface area contributed by atoms with E-state index in [1.54, 1.807) is 0 Å². The molecule has 0 saturated carbocycles. The third kappa shape index (κ3) is 2.90. The molecule has 0 unspecified atom stereocenters. The molecule has 4 heteroatoms. The van der Waals surface area contributed by atoms with Gasteiger partial charge in [-0.3, -0.25) is 0 Å². The minimum absolute atomic E-state index is 0.930. The van der Waals surface area contributed by atoms with Crippen LogP contribution in [0, 0.1) is 13.8 Å². The van der Waals surface area contributed by atoms with Crippen LogP contribution in [0.2, 0.25) is 0 Å². The summed E-state index contributed by atoms with van der Waals surface area (Å²) in [6, 6.07) is 25.6. The molecule has 6 rings (SSSR count). The van der Waals surface area contributed by atoms with Gasteiger partial charge < -0.3 is 0 Å². The maximum absolute atomic E-state index is 4.81. The average Bonchev–Trinajstić information content (AvgIpc) is 3.17. The quantitative estimate of drug-likeness (QED) is 0.219. The zero-order valence-electron chi connectivity index (χ0n) is 17.6. The van der Waals surface area contributed by atoms with Crippen LogP contribution in [0.4, 0.5) is 0 Å². The number of benzene rings is 4. The van der Waals surface area contributed by atoms with E-state index in [-0.39, 0.29) is 0 Å². The molecule has 4 aromatic carbocycles. The summed E-state index contributed by atoms with van der Waals surface area (Å²) in [4.78, 5) is 0. The number of nitrogens with zero attached hydrogens (tertiary/aromatic N) is 2. The molecule has 0 spiro atoms. The number of aryl methyl sites for hydroxylation is 2. The van der Waals surface area contributed by atoms with Crippen LogP contribution in [-0.2, 0) is 0 Å². The molecule has 5 aromatic rings. The molecule has 1 aromatic heterocycles. The lowest BCUT2D eigenvalue weighted by Crippen LogP contribution is -1.98. The van der Waals surface area contributed by atoms with Gasteiger partial charge in [-0.15, -0.1) is 10.2 Å². The van der Waals surface area contributed by atoms with Gasteiger partial charge in [0.25, 0.3) is 0 Å². The zero-order valence-corrected chi connectivity index (χ0v) is 20.8. The van der Waals surface area contributed by atoms with Gasteiger partial charge in [0, 0.05) is 31.2 Å². The fourth-order valence-electron chi connectivity index (χ4n) is 4.81. The third-order valence-electron chi connectivity index (χ3n) is 6.31. The Balaban J connectivity index is 1.78. The first kappa shape index (κ1) is 19.8. The number of hydrogen-bond acceptors (Lipinski definition) is 2. The Morgan fingerprint density at radius 3 is 1.31 bits per heavy atom. The van der Waals surface area contributed by atoms with E-state index in [0.717, 1.165) is 31.5 Å². The van der Waals surface area contributed by atoms with Crippen LogP contribution in [0.3, 0.4) is 0 Å². The van der Waals surface area contributed by atoms with Crippen molar-refractivity contribution in [3.63, 3.8) is 0 Å². The van der Waals surface area contributed by atoms with E-state index in [1.807, 2.05) is 0 Å². The molecule has 0 bridgehead atoms. The Hall–Kier alpha value is -2.82. The number of hydrogen-bond donors (Lipinski definition) is 0. The molecule has 1 heterocycles. The molecule has 1 aliphatic rings. The second-order valence-corrected chi connectivity index (χ2v) is 10.1. The summed E-state index contributed by atoms with van der Waals surface area (Å²) in [6.07, 6.45) is 0. The normalized spacial score (nSPS) is 11.8. The summed E-state index contributed by atoms with van der Waals surface area (Å²) >= 11 is 7.11. The van der Waals surface area contributed by atoms with E-state index in [9.17, 15) is 0 Å². The van der Waals surface area contributed by atoms with Crippen LogP contribution in [0.25, 0.3) is 55.5 Å². The fraction of sp³-hybridized carbons (Fsp3) is 0.0714. The molecule has 1 aliphatic carbocycles. The van der Waals surface area contributed by atoms with Gasteiger partial charge in [0.05, 0.1) is 0 Å². The topological polar surface area (TPSA) is 25.8 Å². The molecule has 0 saturated heterocycles. The predicted octanol–water partition coefficient (Wildman–Crippen LogP) is 8.75. The molecule has 154 valence electrons. The maximum Gasteiger partial charge on any atom is 0.101 e. The second kappa shape index (κ2) is 7.36. The summed E-state index contributed by atoms with van der Waals surface area (Å²) < 4.78 is 2.10. The second-order valence-electron chi connectivity index (χ2n) is 8.27.